The molecule has 0 aliphatic carbocycles. The number of thiophene rings is 1. The zero-order valence-corrected chi connectivity index (χ0v) is 16.5. The Balaban J connectivity index is 1.60. The van der Waals surface area contributed by atoms with Crippen molar-refractivity contribution in [3.63, 3.8) is 0 Å². The zero-order chi connectivity index (χ0) is 20.4. The van der Waals surface area contributed by atoms with Crippen molar-refractivity contribution < 1.29 is 18.7 Å². The highest BCUT2D eigenvalue weighted by Crippen LogP contribution is 2.37. The van der Waals surface area contributed by atoms with E-state index >= 15 is 0 Å². The SMILES string of the molecule is CC1Oc2ccc(NC(=O)Cc3cccs3)cc2N(Cc2ccccc2F)C1=O. The minimum atomic E-state index is -0.673. The first-order valence-corrected chi connectivity index (χ1v) is 10.1. The molecule has 148 valence electrons. The Morgan fingerprint density at radius 1 is 1.21 bits per heavy atom. The molecule has 2 amide bonds. The van der Waals surface area contributed by atoms with E-state index in [2.05, 4.69) is 5.32 Å². The van der Waals surface area contributed by atoms with Gasteiger partial charge in [0.25, 0.3) is 5.91 Å². The summed E-state index contributed by atoms with van der Waals surface area (Å²) in [6.45, 7) is 1.75. The van der Waals surface area contributed by atoms with E-state index in [9.17, 15) is 14.0 Å². The van der Waals surface area contributed by atoms with Crippen LogP contribution in [0.2, 0.25) is 0 Å². The van der Waals surface area contributed by atoms with Gasteiger partial charge in [0.15, 0.2) is 6.10 Å². The second kappa shape index (κ2) is 8.05. The summed E-state index contributed by atoms with van der Waals surface area (Å²) in [6.07, 6.45) is -0.395. The molecule has 1 aliphatic heterocycles. The van der Waals surface area contributed by atoms with E-state index in [0.29, 0.717) is 22.7 Å². The summed E-state index contributed by atoms with van der Waals surface area (Å²) in [6, 6.07) is 15.3. The number of benzene rings is 2. The third-order valence-corrected chi connectivity index (χ3v) is 5.53. The molecule has 1 aromatic heterocycles. The van der Waals surface area contributed by atoms with E-state index < -0.39 is 6.10 Å². The lowest BCUT2D eigenvalue weighted by atomic mass is 10.1. The molecule has 3 aromatic rings. The molecule has 0 saturated heterocycles. The smallest absolute Gasteiger partial charge is 0.268 e. The van der Waals surface area contributed by atoms with Gasteiger partial charge in [0.1, 0.15) is 11.6 Å². The molecule has 7 heteroatoms. The molecule has 2 aromatic carbocycles. The van der Waals surface area contributed by atoms with Gasteiger partial charge in [-0.25, -0.2) is 4.39 Å². The van der Waals surface area contributed by atoms with Crippen LogP contribution in [0.1, 0.15) is 17.4 Å². The van der Waals surface area contributed by atoms with Crippen molar-refractivity contribution in [3.8, 4) is 5.75 Å². The second-order valence-electron chi connectivity index (χ2n) is 6.76. The van der Waals surface area contributed by atoms with Crippen molar-refractivity contribution in [2.75, 3.05) is 10.2 Å². The van der Waals surface area contributed by atoms with Crippen LogP contribution in [0.15, 0.2) is 60.0 Å². The fraction of sp³-hybridized carbons (Fsp3) is 0.182. The lowest BCUT2D eigenvalue weighted by Gasteiger charge is -2.33. The molecular formula is C22H19FN2O3S. The Labute approximate surface area is 171 Å². The quantitative estimate of drug-likeness (QED) is 0.679. The number of amides is 2. The first-order chi connectivity index (χ1) is 14.0. The van der Waals surface area contributed by atoms with Crippen molar-refractivity contribution in [2.24, 2.45) is 0 Å². The molecule has 1 unspecified atom stereocenters. The topological polar surface area (TPSA) is 58.6 Å². The summed E-state index contributed by atoms with van der Waals surface area (Å²) >= 11 is 1.52. The third kappa shape index (κ3) is 4.14. The molecule has 0 saturated carbocycles. The van der Waals surface area contributed by atoms with Crippen molar-refractivity contribution in [1.29, 1.82) is 0 Å². The first-order valence-electron chi connectivity index (χ1n) is 9.19. The highest BCUT2D eigenvalue weighted by molar-refractivity contribution is 7.10. The molecular weight excluding hydrogens is 391 g/mol. The van der Waals surface area contributed by atoms with Crippen LogP contribution in [0, 0.1) is 5.82 Å². The van der Waals surface area contributed by atoms with Gasteiger partial charge < -0.3 is 15.0 Å². The summed E-state index contributed by atoms with van der Waals surface area (Å²) < 4.78 is 19.8. The molecule has 2 heterocycles. The average Bonchev–Trinajstić information content (AvgIpc) is 3.20. The van der Waals surface area contributed by atoms with Gasteiger partial charge in [-0.1, -0.05) is 24.3 Å². The second-order valence-corrected chi connectivity index (χ2v) is 7.79. The van der Waals surface area contributed by atoms with Crippen LogP contribution >= 0.6 is 11.3 Å². The number of rotatable bonds is 5. The monoisotopic (exact) mass is 410 g/mol. The van der Waals surface area contributed by atoms with Crippen LogP contribution in [-0.4, -0.2) is 17.9 Å². The van der Waals surface area contributed by atoms with E-state index in [1.165, 1.54) is 22.3 Å². The predicted molar refractivity (Wildman–Crippen MR) is 111 cm³/mol. The van der Waals surface area contributed by atoms with Crippen molar-refractivity contribution in [1.82, 2.24) is 0 Å². The highest BCUT2D eigenvalue weighted by Gasteiger charge is 2.32. The molecule has 1 atom stereocenters. The van der Waals surface area contributed by atoms with Crippen molar-refractivity contribution in [3.05, 3.63) is 76.2 Å². The first kappa shape index (κ1) is 19.1. The maximum Gasteiger partial charge on any atom is 0.268 e. The van der Waals surface area contributed by atoms with Crippen LogP contribution in [0.4, 0.5) is 15.8 Å². The molecule has 0 fully saturated rings. The summed E-state index contributed by atoms with van der Waals surface area (Å²) in [5.74, 6) is -0.265. The Bertz CT molecular complexity index is 1050. The van der Waals surface area contributed by atoms with Gasteiger partial charge in [0, 0.05) is 16.1 Å². The van der Waals surface area contributed by atoms with Gasteiger partial charge in [-0.3, -0.25) is 9.59 Å². The number of fused-ring (bicyclic) bond motifs is 1. The average molecular weight is 410 g/mol. The van der Waals surface area contributed by atoms with Crippen LogP contribution in [-0.2, 0) is 22.6 Å². The number of hydrogen-bond donors (Lipinski definition) is 1. The highest BCUT2D eigenvalue weighted by atomic mass is 32.1. The minimum Gasteiger partial charge on any atom is -0.479 e. The fourth-order valence-electron chi connectivity index (χ4n) is 3.22. The number of halogens is 1. The molecule has 4 rings (SSSR count). The maximum atomic E-state index is 14.2. The number of carbonyl (C=O) groups excluding carboxylic acids is 2. The number of nitrogens with one attached hydrogen (secondary N) is 1. The van der Waals surface area contributed by atoms with E-state index in [0.717, 1.165) is 4.88 Å². The third-order valence-electron chi connectivity index (χ3n) is 4.65. The van der Waals surface area contributed by atoms with Crippen LogP contribution in [0.25, 0.3) is 0 Å². The summed E-state index contributed by atoms with van der Waals surface area (Å²) in [4.78, 5) is 27.5. The number of hydrogen-bond acceptors (Lipinski definition) is 4. The Morgan fingerprint density at radius 3 is 2.79 bits per heavy atom. The van der Waals surface area contributed by atoms with Gasteiger partial charge >= 0.3 is 0 Å². The standard InChI is InChI=1S/C22H19FN2O3S/c1-14-22(27)25(13-15-5-2-3-7-18(15)23)19-11-16(8-9-20(19)28-14)24-21(26)12-17-6-4-10-29-17/h2-11,14H,12-13H2,1H3,(H,24,26). The van der Waals surface area contributed by atoms with Crippen LogP contribution in [0.5, 0.6) is 5.75 Å². The van der Waals surface area contributed by atoms with Gasteiger partial charge in [-0.15, -0.1) is 11.3 Å². The van der Waals surface area contributed by atoms with Crippen LogP contribution < -0.4 is 15.0 Å². The van der Waals surface area contributed by atoms with E-state index in [-0.39, 0.29) is 30.6 Å². The molecule has 0 radical (unpaired) electrons. The lowest BCUT2D eigenvalue weighted by Crippen LogP contribution is -2.44. The summed E-state index contributed by atoms with van der Waals surface area (Å²) in [7, 11) is 0. The lowest BCUT2D eigenvalue weighted by molar-refractivity contribution is -0.125. The van der Waals surface area contributed by atoms with Gasteiger partial charge in [-0.05, 0) is 42.6 Å². The van der Waals surface area contributed by atoms with E-state index in [4.69, 9.17) is 4.74 Å². The molecule has 1 N–H and O–H groups in total. The minimum absolute atomic E-state index is 0.0821. The van der Waals surface area contributed by atoms with Crippen LogP contribution in [0.3, 0.4) is 0 Å². The Morgan fingerprint density at radius 2 is 2.03 bits per heavy atom. The maximum absolute atomic E-state index is 14.2. The molecule has 0 spiro atoms. The predicted octanol–water partition coefficient (Wildman–Crippen LogP) is 4.38. The number of carbonyl (C=O) groups is 2. The van der Waals surface area contributed by atoms with E-state index in [1.54, 1.807) is 43.3 Å². The Hall–Kier alpha value is -3.19. The largest absolute Gasteiger partial charge is 0.479 e. The van der Waals surface area contributed by atoms with Gasteiger partial charge in [-0.2, -0.15) is 0 Å². The van der Waals surface area contributed by atoms with Gasteiger partial charge in [0.2, 0.25) is 5.91 Å². The summed E-state index contributed by atoms with van der Waals surface area (Å²) in [5.41, 5.74) is 1.47. The molecule has 29 heavy (non-hydrogen) atoms. The normalized spacial score (nSPS) is 15.6. The van der Waals surface area contributed by atoms with Crippen molar-refractivity contribution in [2.45, 2.75) is 26.0 Å². The number of ether oxygens (including phenoxy) is 1. The Kier molecular flexibility index (Phi) is 5.31. The molecule has 5 nitrogen and oxygen atoms in total. The van der Waals surface area contributed by atoms with E-state index in [1.807, 2.05) is 17.5 Å². The number of nitrogens with zero attached hydrogens (tertiary/aromatic N) is 1. The molecule has 0 bridgehead atoms. The summed E-state index contributed by atoms with van der Waals surface area (Å²) in [5, 5.41) is 4.78. The zero-order valence-electron chi connectivity index (χ0n) is 15.7. The fourth-order valence-corrected chi connectivity index (χ4v) is 3.92. The van der Waals surface area contributed by atoms with Gasteiger partial charge in [0.05, 0.1) is 18.7 Å². The molecule has 1 aliphatic rings. The number of anilines is 2. The van der Waals surface area contributed by atoms with Crippen molar-refractivity contribution >= 4 is 34.5 Å².